The van der Waals surface area contributed by atoms with Crippen LogP contribution in [0.1, 0.15) is 16.7 Å². The van der Waals surface area contributed by atoms with Crippen molar-refractivity contribution in [2.45, 2.75) is 20.4 Å². The molecule has 0 amide bonds. The Kier molecular flexibility index (Phi) is 3.29. The molecular weight excluding hydrogens is 210 g/mol. The Balaban J connectivity index is 2.06. The average Bonchev–Trinajstić information content (AvgIpc) is 2.63. The maximum Gasteiger partial charge on any atom is 0.0390 e. The van der Waals surface area contributed by atoms with E-state index in [1.165, 1.54) is 22.9 Å². The summed E-state index contributed by atoms with van der Waals surface area (Å²) in [6.07, 6.45) is 1.37. The standard InChI is InChI=1S/C14H19N3/c1-10-3-4-12(11(2)5-10)7-17-8-13(6-15)14(16)9-17/h3-6,15H,7-9,16H2,1-2H3. The van der Waals surface area contributed by atoms with Gasteiger partial charge in [0, 0.05) is 37.1 Å². The summed E-state index contributed by atoms with van der Waals surface area (Å²) in [6.45, 7) is 6.73. The molecule has 0 bridgehead atoms. The third-order valence-corrected chi connectivity index (χ3v) is 3.27. The first-order valence-electron chi connectivity index (χ1n) is 5.86. The summed E-state index contributed by atoms with van der Waals surface area (Å²) >= 11 is 0. The molecule has 90 valence electrons. The van der Waals surface area contributed by atoms with Crippen LogP contribution < -0.4 is 5.73 Å². The normalized spacial score (nSPS) is 16.6. The second-order valence-corrected chi connectivity index (χ2v) is 4.77. The van der Waals surface area contributed by atoms with Gasteiger partial charge in [0.15, 0.2) is 0 Å². The van der Waals surface area contributed by atoms with Gasteiger partial charge in [0.25, 0.3) is 0 Å². The molecule has 0 aromatic heterocycles. The number of benzene rings is 1. The van der Waals surface area contributed by atoms with Gasteiger partial charge in [-0.15, -0.1) is 0 Å². The summed E-state index contributed by atoms with van der Waals surface area (Å²) in [7, 11) is 0. The Labute approximate surface area is 102 Å². The number of nitrogens with two attached hydrogens (primary N) is 1. The summed E-state index contributed by atoms with van der Waals surface area (Å²) in [5.41, 5.74) is 11.6. The fraction of sp³-hybridized carbons (Fsp3) is 0.357. The van der Waals surface area contributed by atoms with Crippen LogP contribution in [0.2, 0.25) is 0 Å². The van der Waals surface area contributed by atoms with E-state index in [4.69, 9.17) is 11.1 Å². The minimum atomic E-state index is 0.776. The highest BCUT2D eigenvalue weighted by atomic mass is 15.2. The second-order valence-electron chi connectivity index (χ2n) is 4.77. The van der Waals surface area contributed by atoms with E-state index in [0.717, 1.165) is 30.9 Å². The van der Waals surface area contributed by atoms with Crippen molar-refractivity contribution in [3.63, 3.8) is 0 Å². The van der Waals surface area contributed by atoms with Gasteiger partial charge in [0.2, 0.25) is 0 Å². The van der Waals surface area contributed by atoms with Gasteiger partial charge in [-0.1, -0.05) is 23.8 Å². The van der Waals surface area contributed by atoms with Crippen LogP contribution in [0.15, 0.2) is 29.5 Å². The minimum absolute atomic E-state index is 0.776. The van der Waals surface area contributed by atoms with Gasteiger partial charge >= 0.3 is 0 Å². The van der Waals surface area contributed by atoms with Gasteiger partial charge in [-0.05, 0) is 25.0 Å². The molecule has 3 nitrogen and oxygen atoms in total. The predicted octanol–water partition coefficient (Wildman–Crippen LogP) is 1.98. The van der Waals surface area contributed by atoms with Crippen LogP contribution in [0.5, 0.6) is 0 Å². The molecule has 0 saturated heterocycles. The van der Waals surface area contributed by atoms with Crippen molar-refractivity contribution in [1.29, 1.82) is 5.41 Å². The quantitative estimate of drug-likeness (QED) is 0.779. The van der Waals surface area contributed by atoms with Crippen molar-refractivity contribution in [3.05, 3.63) is 46.2 Å². The van der Waals surface area contributed by atoms with Gasteiger partial charge in [-0.25, -0.2) is 0 Å². The molecule has 17 heavy (non-hydrogen) atoms. The van der Waals surface area contributed by atoms with Gasteiger partial charge in [0.05, 0.1) is 0 Å². The molecule has 0 unspecified atom stereocenters. The van der Waals surface area contributed by atoms with Crippen LogP contribution in [0.4, 0.5) is 0 Å². The molecule has 1 heterocycles. The van der Waals surface area contributed by atoms with E-state index in [1.807, 2.05) is 0 Å². The summed E-state index contributed by atoms with van der Waals surface area (Å²) in [4.78, 5) is 2.27. The first-order chi connectivity index (χ1) is 8.10. The largest absolute Gasteiger partial charge is 0.401 e. The maximum absolute atomic E-state index is 7.28. The van der Waals surface area contributed by atoms with Crippen LogP contribution in [0, 0.1) is 19.3 Å². The van der Waals surface area contributed by atoms with Crippen LogP contribution in [0.25, 0.3) is 0 Å². The van der Waals surface area contributed by atoms with Gasteiger partial charge in [-0.3, -0.25) is 4.90 Å². The molecule has 2 rings (SSSR count). The first-order valence-corrected chi connectivity index (χ1v) is 5.86. The van der Waals surface area contributed by atoms with Crippen molar-refractivity contribution in [2.24, 2.45) is 5.73 Å². The molecule has 1 aliphatic rings. The molecule has 0 spiro atoms. The van der Waals surface area contributed by atoms with Gasteiger partial charge < -0.3 is 11.1 Å². The maximum atomic E-state index is 7.28. The lowest BCUT2D eigenvalue weighted by molar-refractivity contribution is 0.338. The fourth-order valence-corrected chi connectivity index (χ4v) is 2.26. The Hall–Kier alpha value is -1.61. The molecule has 0 radical (unpaired) electrons. The lowest BCUT2D eigenvalue weighted by Gasteiger charge is -2.17. The van der Waals surface area contributed by atoms with E-state index in [-0.39, 0.29) is 0 Å². The number of nitrogens with one attached hydrogen (secondary N) is 1. The Morgan fingerprint density at radius 3 is 2.71 bits per heavy atom. The molecule has 0 aliphatic carbocycles. The SMILES string of the molecule is Cc1ccc(CN2CC(N)=C(C=N)C2)c(C)c1. The number of hydrogen-bond donors (Lipinski definition) is 2. The highest BCUT2D eigenvalue weighted by Gasteiger charge is 2.18. The lowest BCUT2D eigenvalue weighted by Crippen LogP contribution is -2.22. The summed E-state index contributed by atoms with van der Waals surface area (Å²) < 4.78 is 0. The van der Waals surface area contributed by atoms with E-state index in [2.05, 4.69) is 36.9 Å². The topological polar surface area (TPSA) is 53.1 Å². The Morgan fingerprint density at radius 2 is 2.12 bits per heavy atom. The van der Waals surface area contributed by atoms with E-state index >= 15 is 0 Å². The van der Waals surface area contributed by atoms with Crippen molar-refractivity contribution in [3.8, 4) is 0 Å². The van der Waals surface area contributed by atoms with Crippen LogP contribution in [-0.4, -0.2) is 24.2 Å². The van der Waals surface area contributed by atoms with Crippen molar-refractivity contribution < 1.29 is 0 Å². The van der Waals surface area contributed by atoms with E-state index in [1.54, 1.807) is 0 Å². The van der Waals surface area contributed by atoms with Crippen LogP contribution >= 0.6 is 0 Å². The zero-order valence-corrected chi connectivity index (χ0v) is 10.5. The molecule has 1 aromatic carbocycles. The average molecular weight is 229 g/mol. The van der Waals surface area contributed by atoms with Crippen molar-refractivity contribution in [2.75, 3.05) is 13.1 Å². The van der Waals surface area contributed by atoms with Gasteiger partial charge in [-0.2, -0.15) is 0 Å². The molecule has 0 atom stereocenters. The molecule has 3 heteroatoms. The number of nitrogens with zero attached hydrogens (tertiary/aromatic N) is 1. The second kappa shape index (κ2) is 4.72. The Bertz CT molecular complexity index is 474. The van der Waals surface area contributed by atoms with Crippen LogP contribution in [0.3, 0.4) is 0 Å². The van der Waals surface area contributed by atoms with E-state index < -0.39 is 0 Å². The minimum Gasteiger partial charge on any atom is -0.401 e. The summed E-state index contributed by atoms with van der Waals surface area (Å²) in [5, 5.41) is 7.28. The molecular formula is C14H19N3. The predicted molar refractivity (Wildman–Crippen MR) is 71.2 cm³/mol. The molecule has 1 aliphatic heterocycles. The highest BCUT2D eigenvalue weighted by molar-refractivity contribution is 5.78. The number of hydrogen-bond acceptors (Lipinski definition) is 3. The third kappa shape index (κ3) is 2.56. The zero-order chi connectivity index (χ0) is 12.4. The van der Waals surface area contributed by atoms with E-state index in [0.29, 0.717) is 0 Å². The monoisotopic (exact) mass is 229 g/mol. The highest BCUT2D eigenvalue weighted by Crippen LogP contribution is 2.18. The van der Waals surface area contributed by atoms with E-state index in [9.17, 15) is 0 Å². The Morgan fingerprint density at radius 1 is 1.35 bits per heavy atom. The number of aryl methyl sites for hydroxylation is 2. The summed E-state index contributed by atoms with van der Waals surface area (Å²) in [5.74, 6) is 0. The van der Waals surface area contributed by atoms with Crippen LogP contribution in [-0.2, 0) is 6.54 Å². The zero-order valence-electron chi connectivity index (χ0n) is 10.5. The van der Waals surface area contributed by atoms with Crippen molar-refractivity contribution >= 4 is 6.21 Å². The summed E-state index contributed by atoms with van der Waals surface area (Å²) in [6, 6.07) is 6.54. The van der Waals surface area contributed by atoms with Gasteiger partial charge in [0.1, 0.15) is 0 Å². The van der Waals surface area contributed by atoms with Crippen molar-refractivity contribution in [1.82, 2.24) is 4.90 Å². The smallest absolute Gasteiger partial charge is 0.0390 e. The molecule has 1 aromatic rings. The third-order valence-electron chi connectivity index (χ3n) is 3.27. The molecule has 3 N–H and O–H groups in total. The lowest BCUT2D eigenvalue weighted by atomic mass is 10.1. The number of rotatable bonds is 3. The molecule has 0 fully saturated rings. The first kappa shape index (κ1) is 11.9. The molecule has 0 saturated carbocycles. The fourth-order valence-electron chi connectivity index (χ4n) is 2.26.